The van der Waals surface area contributed by atoms with Crippen molar-refractivity contribution in [3.8, 4) is 11.5 Å². The third-order valence-corrected chi connectivity index (χ3v) is 3.59. The van der Waals surface area contributed by atoms with Crippen LogP contribution in [0.15, 0.2) is 40.9 Å². The molecule has 0 atom stereocenters. The van der Waals surface area contributed by atoms with Crippen molar-refractivity contribution < 1.29 is 14.6 Å². The van der Waals surface area contributed by atoms with Crippen LogP contribution in [0.25, 0.3) is 0 Å². The molecular formula is C17H19BrO3. The van der Waals surface area contributed by atoms with Gasteiger partial charge in [-0.2, -0.15) is 0 Å². The highest BCUT2D eigenvalue weighted by Gasteiger charge is 2.06. The molecule has 3 nitrogen and oxygen atoms in total. The third kappa shape index (κ3) is 4.48. The lowest BCUT2D eigenvalue weighted by atomic mass is 10.1. The Labute approximate surface area is 133 Å². The maximum Gasteiger partial charge on any atom is 0.125 e. The molecule has 0 saturated heterocycles. The summed E-state index contributed by atoms with van der Waals surface area (Å²) in [6, 6.07) is 11.6. The van der Waals surface area contributed by atoms with Crippen molar-refractivity contribution in [1.29, 1.82) is 0 Å². The van der Waals surface area contributed by atoms with Crippen LogP contribution in [0, 0.1) is 13.8 Å². The minimum atomic E-state index is 0.0496. The highest BCUT2D eigenvalue weighted by molar-refractivity contribution is 9.10. The predicted molar refractivity (Wildman–Crippen MR) is 87.0 cm³/mol. The summed E-state index contributed by atoms with van der Waals surface area (Å²) in [4.78, 5) is 0. The zero-order chi connectivity index (χ0) is 15.2. The van der Waals surface area contributed by atoms with Gasteiger partial charge in [-0.1, -0.05) is 34.1 Å². The molecule has 2 rings (SSSR count). The van der Waals surface area contributed by atoms with E-state index < -0.39 is 0 Å². The largest absolute Gasteiger partial charge is 0.490 e. The number of halogens is 1. The van der Waals surface area contributed by atoms with Gasteiger partial charge in [0.1, 0.15) is 24.7 Å². The Morgan fingerprint density at radius 2 is 1.67 bits per heavy atom. The van der Waals surface area contributed by atoms with Crippen molar-refractivity contribution in [2.24, 2.45) is 0 Å². The second kappa shape index (κ2) is 7.48. The number of hydrogen-bond acceptors (Lipinski definition) is 3. The minimum absolute atomic E-state index is 0.0496. The molecule has 0 aliphatic heterocycles. The summed E-state index contributed by atoms with van der Waals surface area (Å²) in [6.45, 7) is 4.98. The van der Waals surface area contributed by atoms with Gasteiger partial charge in [-0.05, 0) is 48.7 Å². The molecule has 2 aromatic rings. The molecule has 4 heteroatoms. The van der Waals surface area contributed by atoms with E-state index >= 15 is 0 Å². The predicted octanol–water partition coefficient (Wildman–Crippen LogP) is 4.02. The van der Waals surface area contributed by atoms with Gasteiger partial charge in [0.05, 0.1) is 6.61 Å². The van der Waals surface area contributed by atoms with Gasteiger partial charge < -0.3 is 14.6 Å². The van der Waals surface area contributed by atoms with Crippen molar-refractivity contribution in [3.63, 3.8) is 0 Å². The molecule has 0 aliphatic rings. The molecular weight excluding hydrogens is 332 g/mol. The smallest absolute Gasteiger partial charge is 0.125 e. The van der Waals surface area contributed by atoms with Crippen molar-refractivity contribution in [2.75, 3.05) is 13.2 Å². The van der Waals surface area contributed by atoms with Crippen LogP contribution in [0.5, 0.6) is 11.5 Å². The lowest BCUT2D eigenvalue weighted by Gasteiger charge is -2.14. The number of aliphatic hydroxyl groups is 1. The van der Waals surface area contributed by atoms with Gasteiger partial charge in [-0.3, -0.25) is 0 Å². The topological polar surface area (TPSA) is 38.7 Å². The normalized spacial score (nSPS) is 10.5. The van der Waals surface area contributed by atoms with E-state index in [2.05, 4.69) is 15.9 Å². The van der Waals surface area contributed by atoms with E-state index in [9.17, 15) is 5.11 Å². The monoisotopic (exact) mass is 350 g/mol. The third-order valence-electron chi connectivity index (χ3n) is 3.10. The van der Waals surface area contributed by atoms with Gasteiger partial charge in [0.2, 0.25) is 0 Å². The zero-order valence-corrected chi connectivity index (χ0v) is 13.8. The van der Waals surface area contributed by atoms with E-state index in [1.807, 2.05) is 50.2 Å². The van der Waals surface area contributed by atoms with Gasteiger partial charge in [-0.15, -0.1) is 0 Å². The second-order valence-corrected chi connectivity index (χ2v) is 5.79. The molecule has 0 radical (unpaired) electrons. The van der Waals surface area contributed by atoms with Gasteiger partial charge in [0, 0.05) is 4.47 Å². The van der Waals surface area contributed by atoms with Crippen LogP contribution in [0.2, 0.25) is 0 Å². The summed E-state index contributed by atoms with van der Waals surface area (Å²) in [5, 5.41) is 9.18. The molecule has 0 unspecified atom stereocenters. The van der Waals surface area contributed by atoms with E-state index in [1.165, 1.54) is 0 Å². The van der Waals surface area contributed by atoms with Crippen LogP contribution < -0.4 is 9.47 Å². The first-order valence-electron chi connectivity index (χ1n) is 6.82. The molecule has 0 heterocycles. The van der Waals surface area contributed by atoms with Crippen molar-refractivity contribution >= 4 is 15.9 Å². The lowest BCUT2D eigenvalue weighted by molar-refractivity contribution is 0.215. The maximum atomic E-state index is 9.18. The molecule has 0 spiro atoms. The molecule has 0 aliphatic carbocycles. The quantitative estimate of drug-likeness (QED) is 0.799. The summed E-state index contributed by atoms with van der Waals surface area (Å²) in [5.41, 5.74) is 2.96. The number of benzene rings is 2. The number of rotatable bonds is 6. The second-order valence-electron chi connectivity index (χ2n) is 4.87. The Morgan fingerprint density at radius 3 is 2.29 bits per heavy atom. The van der Waals surface area contributed by atoms with Crippen LogP contribution in [0.3, 0.4) is 0 Å². The van der Waals surface area contributed by atoms with Gasteiger partial charge >= 0.3 is 0 Å². The van der Waals surface area contributed by atoms with Crippen LogP contribution in [0.1, 0.15) is 16.7 Å². The first kappa shape index (κ1) is 15.9. The van der Waals surface area contributed by atoms with Crippen LogP contribution in [-0.2, 0) is 6.61 Å². The first-order chi connectivity index (χ1) is 10.1. The van der Waals surface area contributed by atoms with E-state index in [0.29, 0.717) is 13.2 Å². The average Bonchev–Trinajstić information content (AvgIpc) is 2.45. The Kier molecular flexibility index (Phi) is 5.65. The Bertz CT molecular complexity index is 588. The van der Waals surface area contributed by atoms with Gasteiger partial charge in [0.25, 0.3) is 0 Å². The number of hydrogen-bond donors (Lipinski definition) is 1. The summed E-state index contributed by atoms with van der Waals surface area (Å²) >= 11 is 3.41. The van der Waals surface area contributed by atoms with Gasteiger partial charge in [0.15, 0.2) is 0 Å². The minimum Gasteiger partial charge on any atom is -0.490 e. The van der Waals surface area contributed by atoms with Crippen molar-refractivity contribution in [3.05, 3.63) is 57.6 Å². The lowest BCUT2D eigenvalue weighted by Crippen LogP contribution is -2.10. The Balaban J connectivity index is 1.89. The maximum absolute atomic E-state index is 9.18. The molecule has 0 saturated carbocycles. The van der Waals surface area contributed by atoms with Gasteiger partial charge in [-0.25, -0.2) is 0 Å². The fourth-order valence-corrected chi connectivity index (χ4v) is 2.60. The molecule has 1 N–H and O–H groups in total. The first-order valence-corrected chi connectivity index (χ1v) is 7.61. The summed E-state index contributed by atoms with van der Waals surface area (Å²) in [7, 11) is 0. The van der Waals surface area contributed by atoms with E-state index in [1.54, 1.807) is 0 Å². The van der Waals surface area contributed by atoms with Crippen LogP contribution >= 0.6 is 15.9 Å². The van der Waals surface area contributed by atoms with Crippen molar-refractivity contribution in [2.45, 2.75) is 20.5 Å². The number of ether oxygens (including phenoxy) is 2. The van der Waals surface area contributed by atoms with Crippen LogP contribution in [-0.4, -0.2) is 18.3 Å². The Hall–Kier alpha value is -1.52. The highest BCUT2D eigenvalue weighted by atomic mass is 79.9. The average molecular weight is 351 g/mol. The zero-order valence-electron chi connectivity index (χ0n) is 12.2. The summed E-state index contributed by atoms with van der Waals surface area (Å²) < 4.78 is 12.4. The molecule has 112 valence electrons. The summed E-state index contributed by atoms with van der Waals surface area (Å²) in [5.74, 6) is 1.68. The molecule has 0 bridgehead atoms. The molecule has 2 aromatic carbocycles. The van der Waals surface area contributed by atoms with E-state index in [-0.39, 0.29) is 6.61 Å². The molecule has 0 fully saturated rings. The SMILES string of the molecule is Cc1cc(CO)cc(C)c1OCCOc1cccc(Br)c1. The molecule has 21 heavy (non-hydrogen) atoms. The Morgan fingerprint density at radius 1 is 1.00 bits per heavy atom. The molecule has 0 amide bonds. The standard InChI is InChI=1S/C17H19BrO3/c1-12-8-14(11-19)9-13(2)17(12)21-7-6-20-16-5-3-4-15(18)10-16/h3-5,8-10,19H,6-7,11H2,1-2H3. The summed E-state index contributed by atoms with van der Waals surface area (Å²) in [6.07, 6.45) is 0. The molecule has 0 aromatic heterocycles. The number of aryl methyl sites for hydroxylation is 2. The van der Waals surface area contributed by atoms with Crippen LogP contribution in [0.4, 0.5) is 0 Å². The fourth-order valence-electron chi connectivity index (χ4n) is 2.22. The van der Waals surface area contributed by atoms with Crippen molar-refractivity contribution in [1.82, 2.24) is 0 Å². The van der Waals surface area contributed by atoms with E-state index in [4.69, 9.17) is 9.47 Å². The highest BCUT2D eigenvalue weighted by Crippen LogP contribution is 2.25. The van der Waals surface area contributed by atoms with E-state index in [0.717, 1.165) is 32.7 Å². The fraction of sp³-hybridized carbons (Fsp3) is 0.294. The number of aliphatic hydroxyl groups excluding tert-OH is 1.